The number of rotatable bonds is 12. The van der Waals surface area contributed by atoms with Crippen LogP contribution < -0.4 is 20.1 Å². The Bertz CT molecular complexity index is 2510. The summed E-state index contributed by atoms with van der Waals surface area (Å²) in [4.78, 5) is 46.4. The van der Waals surface area contributed by atoms with Crippen molar-refractivity contribution in [2.45, 2.75) is 50.7 Å². The van der Waals surface area contributed by atoms with E-state index in [-0.39, 0.29) is 18.7 Å². The molecule has 5 aromatic carbocycles. The summed E-state index contributed by atoms with van der Waals surface area (Å²) in [7, 11) is 0. The number of benzene rings is 5. The van der Waals surface area contributed by atoms with Gasteiger partial charge in [0.2, 0.25) is 12.0 Å². The number of hydrogen-bond donors (Lipinski definition) is 3. The first-order valence-electron chi connectivity index (χ1n) is 18.5. The molecule has 3 atom stereocenters. The summed E-state index contributed by atoms with van der Waals surface area (Å²) in [5.41, 5.74) is 7.05. The maximum absolute atomic E-state index is 14.1. The average molecular weight is 810 g/mol. The minimum absolute atomic E-state index is 0.0846. The number of hydrogen-bond acceptors (Lipinski definition) is 9. The van der Waals surface area contributed by atoms with E-state index in [1.807, 2.05) is 77.0 Å². The van der Waals surface area contributed by atoms with Gasteiger partial charge in [-0.05, 0) is 88.3 Å². The Kier molecular flexibility index (Phi) is 11.2. The maximum atomic E-state index is 14.1. The largest absolute Gasteiger partial charge is 0.489 e. The molecule has 6 aromatic rings. The van der Waals surface area contributed by atoms with E-state index in [1.165, 1.54) is 11.3 Å². The van der Waals surface area contributed by atoms with Crippen LogP contribution in [0, 0.1) is 11.3 Å². The lowest BCUT2D eigenvalue weighted by atomic mass is 9.91. The van der Waals surface area contributed by atoms with Gasteiger partial charge in [-0.2, -0.15) is 5.26 Å². The van der Waals surface area contributed by atoms with Crippen LogP contribution in [0.3, 0.4) is 0 Å². The number of aliphatic carboxylic acids is 1. The first-order chi connectivity index (χ1) is 28.2. The number of aromatic nitrogens is 1. The number of nitriles is 1. The Morgan fingerprint density at radius 2 is 1.76 bits per heavy atom. The van der Waals surface area contributed by atoms with Crippen LogP contribution in [-0.4, -0.2) is 44.9 Å². The molecule has 8 rings (SSSR count). The average Bonchev–Trinajstić information content (AvgIpc) is 3.75. The minimum atomic E-state index is -1.17. The number of thiazole rings is 1. The van der Waals surface area contributed by atoms with Gasteiger partial charge in [-0.15, -0.1) is 11.3 Å². The number of carbonyl (C=O) groups excluding carboxylic acids is 2. The van der Waals surface area contributed by atoms with Crippen molar-refractivity contribution in [1.29, 1.82) is 5.26 Å². The summed E-state index contributed by atoms with van der Waals surface area (Å²) in [5.74, 6) is -0.738. The number of carbonyl (C=O) groups is 3. The smallest absolute Gasteiger partial charge is 0.326 e. The molecule has 13 heteroatoms. The first-order valence-corrected chi connectivity index (χ1v) is 19.8. The Morgan fingerprint density at radius 3 is 2.45 bits per heavy atom. The summed E-state index contributed by atoms with van der Waals surface area (Å²) < 4.78 is 12.2. The molecule has 0 spiro atoms. The van der Waals surface area contributed by atoms with Crippen LogP contribution in [0.2, 0.25) is 5.02 Å². The number of ether oxygens (including phenoxy) is 2. The molecule has 2 amide bonds. The second kappa shape index (κ2) is 16.9. The quantitative estimate of drug-likeness (QED) is 0.113. The number of amides is 2. The van der Waals surface area contributed by atoms with Crippen molar-refractivity contribution in [3.05, 3.63) is 164 Å². The third-order valence-corrected chi connectivity index (χ3v) is 11.2. The lowest BCUT2D eigenvalue weighted by Crippen LogP contribution is -2.54. The van der Waals surface area contributed by atoms with Gasteiger partial charge in [0.1, 0.15) is 29.2 Å². The number of fused-ring (bicyclic) bond motifs is 2. The van der Waals surface area contributed by atoms with Crippen molar-refractivity contribution >= 4 is 46.4 Å². The fourth-order valence-corrected chi connectivity index (χ4v) is 8.05. The minimum Gasteiger partial charge on any atom is -0.489 e. The molecule has 0 bridgehead atoms. The molecule has 1 unspecified atom stereocenters. The van der Waals surface area contributed by atoms with Gasteiger partial charge in [0.25, 0.3) is 5.91 Å². The van der Waals surface area contributed by atoms with E-state index >= 15 is 0 Å². The summed E-state index contributed by atoms with van der Waals surface area (Å²) in [6.45, 7) is 1.10. The molecule has 58 heavy (non-hydrogen) atoms. The Hall–Kier alpha value is -6.52. The highest BCUT2D eigenvalue weighted by atomic mass is 35.5. The number of nitrogens with one attached hydrogen (secondary N) is 2. The van der Waals surface area contributed by atoms with Crippen molar-refractivity contribution in [3.63, 3.8) is 0 Å². The molecule has 0 aliphatic carbocycles. The fraction of sp³-hybridized carbons (Fsp3) is 0.178. The standard InChI is InChI=1S/C45H36ClN5O6S/c46-35-3-1-2-29(18-35)26-56-36-14-12-32(13-15-36)42-44(53)49-37-20-33-21-39(51(25-41-48-16-17-58-41)24-34(33)22-40(37)57-42)43(52)50-38(45(54)55)19-27-4-8-30(9-5-27)31-10-6-28(23-47)7-11-31/h1-18,20,22,38-39,42H,19,21,24-26H2,(H,49,53)(H,50,52)(H,54,55)/t38-,39?,42-/m0/s1. The van der Waals surface area contributed by atoms with Crippen molar-refractivity contribution < 1.29 is 29.0 Å². The second-order valence-corrected chi connectivity index (χ2v) is 15.5. The summed E-state index contributed by atoms with van der Waals surface area (Å²) in [5, 5.41) is 28.5. The lowest BCUT2D eigenvalue weighted by molar-refractivity contribution is -0.142. The Balaban J connectivity index is 0.966. The molecule has 0 saturated heterocycles. The van der Waals surface area contributed by atoms with Gasteiger partial charge in [0, 0.05) is 35.1 Å². The van der Waals surface area contributed by atoms with E-state index in [0.29, 0.717) is 53.0 Å². The number of carboxylic acid groups (broad SMARTS) is 1. The predicted molar refractivity (Wildman–Crippen MR) is 219 cm³/mol. The van der Waals surface area contributed by atoms with E-state index in [1.54, 1.807) is 48.7 Å². The molecule has 2 aliphatic rings. The Labute approximate surface area is 343 Å². The van der Waals surface area contributed by atoms with Crippen molar-refractivity contribution in [2.75, 3.05) is 5.32 Å². The molecule has 0 saturated carbocycles. The summed E-state index contributed by atoms with van der Waals surface area (Å²) >= 11 is 7.57. The van der Waals surface area contributed by atoms with Crippen LogP contribution in [-0.2, 0) is 46.9 Å². The highest BCUT2D eigenvalue weighted by molar-refractivity contribution is 7.09. The Morgan fingerprint density at radius 1 is 1.00 bits per heavy atom. The monoisotopic (exact) mass is 809 g/mol. The van der Waals surface area contributed by atoms with Crippen LogP contribution in [0.15, 0.2) is 121 Å². The molecular formula is C45H36ClN5O6S. The van der Waals surface area contributed by atoms with Gasteiger partial charge >= 0.3 is 5.97 Å². The third kappa shape index (κ3) is 8.72. The molecule has 1 aromatic heterocycles. The lowest BCUT2D eigenvalue weighted by Gasteiger charge is -2.37. The number of carboxylic acids is 1. The van der Waals surface area contributed by atoms with Gasteiger partial charge in [-0.25, -0.2) is 9.78 Å². The van der Waals surface area contributed by atoms with Crippen LogP contribution in [0.25, 0.3) is 11.1 Å². The van der Waals surface area contributed by atoms with Crippen LogP contribution >= 0.6 is 22.9 Å². The van der Waals surface area contributed by atoms with Crippen LogP contribution in [0.1, 0.15) is 44.5 Å². The molecule has 11 nitrogen and oxygen atoms in total. The van der Waals surface area contributed by atoms with Gasteiger partial charge in [-0.3, -0.25) is 14.5 Å². The van der Waals surface area contributed by atoms with E-state index in [9.17, 15) is 19.5 Å². The highest BCUT2D eigenvalue weighted by Crippen LogP contribution is 2.40. The normalized spacial score (nSPS) is 16.4. The third-order valence-electron chi connectivity index (χ3n) is 10.2. The maximum Gasteiger partial charge on any atom is 0.326 e. The molecular weight excluding hydrogens is 774 g/mol. The SMILES string of the molecule is N#Cc1ccc(-c2ccc(C[C@H](NC(=O)C3Cc4cc5c(cc4CN3Cc3nccs3)O[C@@H](c3ccc(OCc4cccc(Cl)c4)cc3)C(=O)N5)C(=O)O)cc2)cc1. The van der Waals surface area contributed by atoms with E-state index in [0.717, 1.165) is 38.4 Å². The molecule has 0 fully saturated rings. The van der Waals surface area contributed by atoms with Crippen molar-refractivity contribution in [2.24, 2.45) is 0 Å². The van der Waals surface area contributed by atoms with Crippen LogP contribution in [0.5, 0.6) is 11.5 Å². The van der Waals surface area contributed by atoms with Crippen LogP contribution in [0.4, 0.5) is 5.69 Å². The van der Waals surface area contributed by atoms with Gasteiger partial charge < -0.3 is 25.2 Å². The number of nitrogens with zero attached hydrogens (tertiary/aromatic N) is 3. The van der Waals surface area contributed by atoms with Gasteiger partial charge in [0.05, 0.1) is 29.9 Å². The zero-order valence-electron chi connectivity index (χ0n) is 30.9. The van der Waals surface area contributed by atoms with E-state index < -0.39 is 30.1 Å². The van der Waals surface area contributed by atoms with Crippen molar-refractivity contribution in [3.8, 4) is 28.7 Å². The number of anilines is 1. The predicted octanol–water partition coefficient (Wildman–Crippen LogP) is 7.73. The molecule has 290 valence electrons. The first kappa shape index (κ1) is 38.4. The van der Waals surface area contributed by atoms with Gasteiger partial charge in [-0.1, -0.05) is 72.3 Å². The molecule has 2 aliphatic heterocycles. The fourth-order valence-electron chi connectivity index (χ4n) is 7.20. The molecule has 0 radical (unpaired) electrons. The zero-order chi connectivity index (χ0) is 40.2. The topological polar surface area (TPSA) is 154 Å². The van der Waals surface area contributed by atoms with Gasteiger partial charge in [0.15, 0.2) is 0 Å². The summed E-state index contributed by atoms with van der Waals surface area (Å²) in [6, 6.07) is 33.3. The highest BCUT2D eigenvalue weighted by Gasteiger charge is 2.37. The molecule has 3 heterocycles. The second-order valence-electron chi connectivity index (χ2n) is 14.1. The number of halogens is 1. The zero-order valence-corrected chi connectivity index (χ0v) is 32.5. The van der Waals surface area contributed by atoms with E-state index in [4.69, 9.17) is 26.3 Å². The van der Waals surface area contributed by atoms with E-state index in [2.05, 4.69) is 21.7 Å². The van der Waals surface area contributed by atoms with Crippen molar-refractivity contribution in [1.82, 2.24) is 15.2 Å². The molecule has 3 N–H and O–H groups in total. The summed E-state index contributed by atoms with van der Waals surface area (Å²) in [6.07, 6.45) is 1.19.